The van der Waals surface area contributed by atoms with E-state index in [0.717, 1.165) is 5.56 Å². The first-order valence-corrected chi connectivity index (χ1v) is 4.67. The van der Waals surface area contributed by atoms with Crippen LogP contribution in [-0.4, -0.2) is 22.5 Å². The minimum Gasteiger partial charge on any atom is -0.480 e. The molecule has 0 saturated heterocycles. The molecule has 0 atom stereocenters. The van der Waals surface area contributed by atoms with E-state index < -0.39 is 10.9 Å². The van der Waals surface area contributed by atoms with Crippen LogP contribution in [0.4, 0.5) is 5.69 Å². The Hall–Kier alpha value is -1.95. The molecule has 0 saturated carbocycles. The van der Waals surface area contributed by atoms with Crippen LogP contribution in [-0.2, 0) is 11.3 Å². The Labute approximate surface area is 92.0 Å². The maximum atomic E-state index is 10.7. The number of hydrogen-bond donors (Lipinski definition) is 2. The highest BCUT2D eigenvalue weighted by molar-refractivity contribution is 5.69. The van der Waals surface area contributed by atoms with Crippen LogP contribution in [0.25, 0.3) is 0 Å². The van der Waals surface area contributed by atoms with Gasteiger partial charge in [0.15, 0.2) is 0 Å². The van der Waals surface area contributed by atoms with Crippen LogP contribution in [0.1, 0.15) is 11.1 Å². The van der Waals surface area contributed by atoms with Crippen molar-refractivity contribution < 1.29 is 14.8 Å². The number of carboxylic acids is 1. The molecule has 0 heterocycles. The Balaban J connectivity index is 2.80. The van der Waals surface area contributed by atoms with Crippen molar-refractivity contribution in [2.45, 2.75) is 13.5 Å². The summed E-state index contributed by atoms with van der Waals surface area (Å²) in [5, 5.41) is 21.7. The summed E-state index contributed by atoms with van der Waals surface area (Å²) in [6, 6.07) is 4.75. The number of nitrogens with zero attached hydrogens (tertiary/aromatic N) is 1. The number of benzene rings is 1. The second kappa shape index (κ2) is 5.22. The van der Waals surface area contributed by atoms with Crippen LogP contribution in [0.2, 0.25) is 0 Å². The molecule has 0 aliphatic rings. The number of nitro benzene ring substituents is 1. The third-order valence-electron chi connectivity index (χ3n) is 2.02. The fourth-order valence-corrected chi connectivity index (χ4v) is 1.34. The summed E-state index contributed by atoms with van der Waals surface area (Å²) in [4.78, 5) is 20.5. The number of aliphatic carboxylic acids is 1. The summed E-state index contributed by atoms with van der Waals surface area (Å²) in [7, 11) is 0. The average molecular weight is 224 g/mol. The van der Waals surface area contributed by atoms with Crippen molar-refractivity contribution in [3.05, 3.63) is 39.4 Å². The lowest BCUT2D eigenvalue weighted by atomic mass is 10.1. The number of rotatable bonds is 5. The summed E-state index contributed by atoms with van der Waals surface area (Å²) in [5.74, 6) is -0.990. The van der Waals surface area contributed by atoms with Crippen LogP contribution in [0.3, 0.4) is 0 Å². The summed E-state index contributed by atoms with van der Waals surface area (Å²) in [6.07, 6.45) is 0. The second-order valence-corrected chi connectivity index (χ2v) is 3.39. The van der Waals surface area contributed by atoms with E-state index in [-0.39, 0.29) is 18.8 Å². The summed E-state index contributed by atoms with van der Waals surface area (Å²) < 4.78 is 0. The Morgan fingerprint density at radius 3 is 2.81 bits per heavy atom. The molecule has 0 aliphatic carbocycles. The minimum absolute atomic E-state index is 0.00323. The van der Waals surface area contributed by atoms with Crippen LogP contribution in [0, 0.1) is 17.0 Å². The van der Waals surface area contributed by atoms with Gasteiger partial charge >= 0.3 is 5.97 Å². The highest BCUT2D eigenvalue weighted by Gasteiger charge is 2.12. The van der Waals surface area contributed by atoms with Crippen LogP contribution in [0.5, 0.6) is 0 Å². The van der Waals surface area contributed by atoms with Crippen LogP contribution < -0.4 is 5.32 Å². The van der Waals surface area contributed by atoms with Gasteiger partial charge in [-0.25, -0.2) is 0 Å². The lowest BCUT2D eigenvalue weighted by Gasteiger charge is -2.04. The van der Waals surface area contributed by atoms with Gasteiger partial charge in [0.05, 0.1) is 11.5 Å². The van der Waals surface area contributed by atoms with Gasteiger partial charge in [0.25, 0.3) is 5.69 Å². The van der Waals surface area contributed by atoms with Gasteiger partial charge < -0.3 is 10.4 Å². The molecule has 0 amide bonds. The van der Waals surface area contributed by atoms with E-state index in [0.29, 0.717) is 5.56 Å². The molecule has 86 valence electrons. The number of aryl methyl sites for hydroxylation is 1. The largest absolute Gasteiger partial charge is 0.480 e. The number of nitro groups is 1. The Bertz CT molecular complexity index is 417. The second-order valence-electron chi connectivity index (χ2n) is 3.39. The van der Waals surface area contributed by atoms with Crippen molar-refractivity contribution in [3.8, 4) is 0 Å². The van der Waals surface area contributed by atoms with Crippen molar-refractivity contribution in [1.29, 1.82) is 0 Å². The van der Waals surface area contributed by atoms with Crippen LogP contribution in [0.15, 0.2) is 18.2 Å². The Kier molecular flexibility index (Phi) is 3.96. The van der Waals surface area contributed by atoms with Crippen molar-refractivity contribution in [1.82, 2.24) is 5.32 Å². The monoisotopic (exact) mass is 224 g/mol. The standard InChI is InChI=1S/C10H12N2O4/c1-7-2-3-9(12(15)16)8(4-7)5-11-6-10(13)14/h2-4,11H,5-6H2,1H3,(H,13,14). The third kappa shape index (κ3) is 3.32. The van der Waals surface area contributed by atoms with Crippen molar-refractivity contribution >= 4 is 11.7 Å². The van der Waals surface area contributed by atoms with Gasteiger partial charge in [-0.3, -0.25) is 14.9 Å². The van der Waals surface area contributed by atoms with Crippen LogP contribution >= 0.6 is 0 Å². The third-order valence-corrected chi connectivity index (χ3v) is 2.02. The Morgan fingerprint density at radius 1 is 1.56 bits per heavy atom. The average Bonchev–Trinajstić information content (AvgIpc) is 2.16. The molecule has 6 nitrogen and oxygen atoms in total. The molecule has 1 rings (SSSR count). The van der Waals surface area contributed by atoms with Gasteiger partial charge in [-0.05, 0) is 13.0 Å². The predicted octanol–water partition coefficient (Wildman–Crippen LogP) is 1.08. The molecule has 2 N–H and O–H groups in total. The zero-order chi connectivity index (χ0) is 12.1. The predicted molar refractivity (Wildman–Crippen MR) is 57.2 cm³/mol. The molecule has 0 fully saturated rings. The topological polar surface area (TPSA) is 92.5 Å². The molecule has 0 unspecified atom stereocenters. The highest BCUT2D eigenvalue weighted by atomic mass is 16.6. The van der Waals surface area contributed by atoms with E-state index in [1.165, 1.54) is 6.07 Å². The zero-order valence-corrected chi connectivity index (χ0v) is 8.77. The maximum Gasteiger partial charge on any atom is 0.317 e. The summed E-state index contributed by atoms with van der Waals surface area (Å²) in [5.41, 5.74) is 1.40. The molecule has 0 spiro atoms. The van der Waals surface area contributed by atoms with E-state index in [4.69, 9.17) is 5.11 Å². The number of carboxylic acid groups (broad SMARTS) is 1. The maximum absolute atomic E-state index is 10.7. The van der Waals surface area contributed by atoms with Gasteiger partial charge in [0.1, 0.15) is 0 Å². The van der Waals surface area contributed by atoms with Crippen molar-refractivity contribution in [2.24, 2.45) is 0 Å². The number of nitrogens with one attached hydrogen (secondary N) is 1. The van der Waals surface area contributed by atoms with E-state index >= 15 is 0 Å². The molecule has 16 heavy (non-hydrogen) atoms. The fourth-order valence-electron chi connectivity index (χ4n) is 1.34. The van der Waals surface area contributed by atoms with E-state index in [2.05, 4.69) is 5.32 Å². The zero-order valence-electron chi connectivity index (χ0n) is 8.77. The first-order chi connectivity index (χ1) is 7.50. The molecule has 1 aromatic rings. The van der Waals surface area contributed by atoms with E-state index in [1.54, 1.807) is 12.1 Å². The van der Waals surface area contributed by atoms with Gasteiger partial charge in [-0.1, -0.05) is 11.6 Å². The molecule has 0 radical (unpaired) electrons. The SMILES string of the molecule is Cc1ccc([N+](=O)[O-])c(CNCC(=O)O)c1. The first kappa shape index (κ1) is 12.1. The Morgan fingerprint density at radius 2 is 2.25 bits per heavy atom. The van der Waals surface area contributed by atoms with Crippen molar-refractivity contribution in [2.75, 3.05) is 6.54 Å². The molecule has 1 aromatic carbocycles. The number of carbonyl (C=O) groups is 1. The lowest BCUT2D eigenvalue weighted by molar-refractivity contribution is -0.385. The van der Waals surface area contributed by atoms with Gasteiger partial charge in [-0.2, -0.15) is 0 Å². The van der Waals surface area contributed by atoms with Crippen molar-refractivity contribution in [3.63, 3.8) is 0 Å². The molecular weight excluding hydrogens is 212 g/mol. The molecular formula is C10H12N2O4. The van der Waals surface area contributed by atoms with Gasteiger partial charge in [0, 0.05) is 18.2 Å². The highest BCUT2D eigenvalue weighted by Crippen LogP contribution is 2.19. The van der Waals surface area contributed by atoms with Gasteiger partial charge in [-0.15, -0.1) is 0 Å². The summed E-state index contributed by atoms with van der Waals surface area (Å²) >= 11 is 0. The first-order valence-electron chi connectivity index (χ1n) is 4.67. The fraction of sp³-hybridized carbons (Fsp3) is 0.300. The van der Waals surface area contributed by atoms with E-state index in [1.807, 2.05) is 6.92 Å². The number of hydrogen-bond acceptors (Lipinski definition) is 4. The minimum atomic E-state index is -0.990. The molecule has 0 aliphatic heterocycles. The smallest absolute Gasteiger partial charge is 0.317 e. The van der Waals surface area contributed by atoms with E-state index in [9.17, 15) is 14.9 Å². The quantitative estimate of drug-likeness (QED) is 0.576. The molecule has 6 heteroatoms. The molecule has 0 aromatic heterocycles. The normalized spacial score (nSPS) is 10.1. The lowest BCUT2D eigenvalue weighted by Crippen LogP contribution is -2.22. The summed E-state index contributed by atoms with van der Waals surface area (Å²) in [6.45, 7) is 1.78. The molecule has 0 bridgehead atoms. The van der Waals surface area contributed by atoms with Gasteiger partial charge in [0.2, 0.25) is 0 Å².